The highest BCUT2D eigenvalue weighted by molar-refractivity contribution is 7.53. The minimum Gasteiger partial charge on any atom is -0.438 e. The first kappa shape index (κ1) is 27.7. The molecular weight excluding hydrogens is 467 g/mol. The number of nitrogen functional groups attached to an aromatic ring is 1. The Balaban J connectivity index is 1.94. The third-order valence-corrected chi connectivity index (χ3v) is 5.86. The molecule has 13 heteroatoms. The van der Waals surface area contributed by atoms with Crippen molar-refractivity contribution in [3.63, 3.8) is 0 Å². The Bertz CT molecular complexity index is 1010. The van der Waals surface area contributed by atoms with Gasteiger partial charge in [-0.1, -0.05) is 0 Å². The van der Waals surface area contributed by atoms with Gasteiger partial charge in [-0.05, 0) is 47.6 Å². The molecule has 0 spiro atoms. The third kappa shape index (κ3) is 8.05. The van der Waals surface area contributed by atoms with Crippen LogP contribution in [0.2, 0.25) is 0 Å². The number of anilines is 1. The van der Waals surface area contributed by atoms with Crippen molar-refractivity contribution in [2.45, 2.75) is 48.1 Å². The van der Waals surface area contributed by atoms with Gasteiger partial charge in [0.2, 0.25) is 13.6 Å². The monoisotopic (exact) mass is 500 g/mol. The van der Waals surface area contributed by atoms with E-state index in [0.717, 1.165) is 0 Å². The van der Waals surface area contributed by atoms with Crippen LogP contribution in [-0.4, -0.2) is 53.0 Å². The van der Waals surface area contributed by atoms with E-state index >= 15 is 0 Å². The van der Waals surface area contributed by atoms with Crippen LogP contribution in [0.1, 0.15) is 41.5 Å². The molecule has 190 valence electrons. The number of aromatic nitrogens is 3. The maximum Gasteiger partial charge on any atom is 0.361 e. The van der Waals surface area contributed by atoms with Crippen LogP contribution in [0.25, 0.3) is 11.2 Å². The maximum atomic E-state index is 13.1. The first-order valence-corrected chi connectivity index (χ1v) is 12.3. The molecule has 34 heavy (non-hydrogen) atoms. The van der Waals surface area contributed by atoms with E-state index in [9.17, 15) is 14.2 Å². The van der Waals surface area contributed by atoms with Crippen LogP contribution in [0.3, 0.4) is 0 Å². The molecule has 0 atom stereocenters. The molecule has 2 rings (SSSR count). The smallest absolute Gasteiger partial charge is 0.361 e. The summed E-state index contributed by atoms with van der Waals surface area (Å²) in [4.78, 5) is 32.3. The van der Waals surface area contributed by atoms with Crippen molar-refractivity contribution >= 4 is 36.4 Å². The van der Waals surface area contributed by atoms with Crippen LogP contribution in [0, 0.1) is 10.8 Å². The van der Waals surface area contributed by atoms with E-state index in [1.165, 1.54) is 0 Å². The third-order valence-electron chi connectivity index (χ3n) is 4.36. The lowest BCUT2D eigenvalue weighted by Gasteiger charge is -2.22. The number of pyridine rings is 1. The van der Waals surface area contributed by atoms with E-state index in [0.29, 0.717) is 23.4 Å². The summed E-state index contributed by atoms with van der Waals surface area (Å²) >= 11 is 0. The number of hydrogen-bond donors (Lipinski definition) is 1. The lowest BCUT2D eigenvalue weighted by Crippen LogP contribution is -2.25. The van der Waals surface area contributed by atoms with Crippen molar-refractivity contribution < 1.29 is 37.4 Å². The predicted molar refractivity (Wildman–Crippen MR) is 123 cm³/mol. The number of nitrogens with two attached hydrogens (primary N) is 1. The summed E-state index contributed by atoms with van der Waals surface area (Å²) in [5, 5.41) is 0. The highest BCUT2D eigenvalue weighted by Crippen LogP contribution is 2.48. The minimum absolute atomic E-state index is 0.113. The number of ether oxygens (including phenoxy) is 3. The Morgan fingerprint density at radius 3 is 2.09 bits per heavy atom. The number of esters is 2. The molecule has 0 aliphatic carbocycles. The summed E-state index contributed by atoms with van der Waals surface area (Å²) < 4.78 is 40.7. The summed E-state index contributed by atoms with van der Waals surface area (Å²) in [5.41, 5.74) is 6.01. The molecular formula is C21H33N4O8P. The second-order valence-corrected chi connectivity index (χ2v) is 11.5. The number of rotatable bonds is 11. The molecule has 0 bridgehead atoms. The van der Waals surface area contributed by atoms with Crippen molar-refractivity contribution in [2.24, 2.45) is 10.8 Å². The van der Waals surface area contributed by atoms with E-state index < -0.39 is 50.3 Å². The summed E-state index contributed by atoms with van der Waals surface area (Å²) in [6, 6.07) is 1.65. The van der Waals surface area contributed by atoms with Crippen LogP contribution < -0.4 is 5.73 Å². The van der Waals surface area contributed by atoms with Gasteiger partial charge in [0, 0.05) is 12.7 Å². The molecule has 0 radical (unpaired) electrons. The minimum atomic E-state index is -3.94. The molecule has 0 aromatic carbocycles. The van der Waals surface area contributed by atoms with Crippen molar-refractivity contribution in [1.82, 2.24) is 14.5 Å². The fourth-order valence-electron chi connectivity index (χ4n) is 2.35. The van der Waals surface area contributed by atoms with Gasteiger partial charge in [-0.2, -0.15) is 0 Å². The van der Waals surface area contributed by atoms with Crippen LogP contribution in [-0.2, 0) is 44.0 Å². The van der Waals surface area contributed by atoms with Gasteiger partial charge in [-0.3, -0.25) is 23.2 Å². The number of fused-ring (bicyclic) bond motifs is 1. The molecule has 0 unspecified atom stereocenters. The van der Waals surface area contributed by atoms with E-state index in [1.54, 1.807) is 64.7 Å². The van der Waals surface area contributed by atoms with E-state index in [2.05, 4.69) is 9.97 Å². The zero-order chi connectivity index (χ0) is 25.6. The summed E-state index contributed by atoms with van der Waals surface area (Å²) in [6.07, 6.45) is 2.68. The van der Waals surface area contributed by atoms with Crippen LogP contribution in [0.15, 0.2) is 18.6 Å². The van der Waals surface area contributed by atoms with Crippen molar-refractivity contribution in [3.8, 4) is 0 Å². The number of carbonyl (C=O) groups is 2. The van der Waals surface area contributed by atoms with Gasteiger partial charge in [-0.15, -0.1) is 0 Å². The average molecular weight is 500 g/mol. The molecule has 2 N–H and O–H groups in total. The zero-order valence-electron chi connectivity index (χ0n) is 20.4. The lowest BCUT2D eigenvalue weighted by atomic mass is 9.98. The Kier molecular flexibility index (Phi) is 9.18. The van der Waals surface area contributed by atoms with Crippen LogP contribution >= 0.6 is 7.60 Å². The Morgan fingerprint density at radius 1 is 1.00 bits per heavy atom. The standard InChI is InChI=1S/C21H33N4O8P/c1-20(2,3)18(26)30-12-32-34(28,33-13-31-19(27)21(4,5)6)14-29-10-9-25-11-24-16-15(22)7-8-23-17(16)25/h7-8,11H,9-10,12-14H2,1-6H3,(H2,22,23). The first-order valence-electron chi connectivity index (χ1n) is 10.6. The maximum absolute atomic E-state index is 13.1. The topological polar surface area (TPSA) is 154 Å². The molecule has 2 heterocycles. The van der Waals surface area contributed by atoms with Crippen molar-refractivity contribution in [2.75, 3.05) is 32.3 Å². The SMILES string of the molecule is CC(C)(C)C(=O)OCOP(=O)(COCCn1cnc2c(N)ccnc21)OCOC(=O)C(C)(C)C. The van der Waals surface area contributed by atoms with Crippen molar-refractivity contribution in [1.29, 1.82) is 0 Å². The van der Waals surface area contributed by atoms with E-state index in [1.807, 2.05) is 0 Å². The Hall–Kier alpha value is -2.53. The summed E-state index contributed by atoms with van der Waals surface area (Å²) in [7, 11) is -3.94. The van der Waals surface area contributed by atoms with Gasteiger partial charge in [0.1, 0.15) is 11.9 Å². The second kappa shape index (κ2) is 11.3. The van der Waals surface area contributed by atoms with Gasteiger partial charge in [0.15, 0.2) is 5.65 Å². The van der Waals surface area contributed by atoms with Gasteiger partial charge in [-0.25, -0.2) is 9.97 Å². The quantitative estimate of drug-likeness (QED) is 0.209. The highest BCUT2D eigenvalue weighted by atomic mass is 31.2. The van der Waals surface area contributed by atoms with E-state index in [-0.39, 0.29) is 6.61 Å². The second-order valence-electron chi connectivity index (χ2n) is 9.52. The first-order chi connectivity index (χ1) is 15.7. The fourth-order valence-corrected chi connectivity index (χ4v) is 3.35. The summed E-state index contributed by atoms with van der Waals surface area (Å²) in [6.45, 7) is 9.24. The van der Waals surface area contributed by atoms with Gasteiger partial charge in [0.25, 0.3) is 0 Å². The molecule has 12 nitrogen and oxygen atoms in total. The fraction of sp³-hybridized carbons (Fsp3) is 0.619. The largest absolute Gasteiger partial charge is 0.438 e. The molecule has 0 aliphatic rings. The molecule has 2 aromatic rings. The lowest BCUT2D eigenvalue weighted by molar-refractivity contribution is -0.162. The number of hydrogen-bond acceptors (Lipinski definition) is 11. The molecule has 0 saturated heterocycles. The number of carbonyl (C=O) groups excluding carboxylic acids is 2. The highest BCUT2D eigenvalue weighted by Gasteiger charge is 2.30. The van der Waals surface area contributed by atoms with Gasteiger partial charge >= 0.3 is 19.5 Å². The molecule has 0 amide bonds. The van der Waals surface area contributed by atoms with Crippen molar-refractivity contribution in [3.05, 3.63) is 18.6 Å². The van der Waals surface area contributed by atoms with Crippen LogP contribution in [0.5, 0.6) is 0 Å². The zero-order valence-corrected chi connectivity index (χ0v) is 21.3. The number of imidazole rings is 1. The van der Waals surface area contributed by atoms with E-state index in [4.69, 9.17) is 29.0 Å². The molecule has 0 saturated carbocycles. The van der Waals surface area contributed by atoms with Gasteiger partial charge in [0.05, 0.1) is 29.5 Å². The van der Waals surface area contributed by atoms with Crippen LogP contribution in [0.4, 0.5) is 5.69 Å². The molecule has 0 fully saturated rings. The average Bonchev–Trinajstić information content (AvgIpc) is 3.14. The summed E-state index contributed by atoms with van der Waals surface area (Å²) in [5.74, 6) is -1.09. The predicted octanol–water partition coefficient (Wildman–Crippen LogP) is 3.31. The molecule has 0 aliphatic heterocycles. The normalized spacial score (nSPS) is 12.6. The van der Waals surface area contributed by atoms with Gasteiger partial charge < -0.3 is 24.5 Å². The number of nitrogens with zero attached hydrogens (tertiary/aromatic N) is 3. The molecule has 2 aromatic heterocycles. The Morgan fingerprint density at radius 2 is 1.56 bits per heavy atom. The Labute approximate surface area is 198 Å².